The molecule has 1 atom stereocenters. The zero-order chi connectivity index (χ0) is 22.1. The minimum Gasteiger partial charge on any atom is -0.507 e. The molecule has 8 heteroatoms. The third kappa shape index (κ3) is 3.52. The summed E-state index contributed by atoms with van der Waals surface area (Å²) < 4.78 is 33.6. The van der Waals surface area contributed by atoms with Crippen molar-refractivity contribution in [3.63, 3.8) is 0 Å². The van der Waals surface area contributed by atoms with Crippen LogP contribution in [0, 0.1) is 11.6 Å². The molecule has 1 saturated heterocycles. The normalized spacial score (nSPS) is 17.8. The Morgan fingerprint density at radius 2 is 1.81 bits per heavy atom. The van der Waals surface area contributed by atoms with E-state index in [1.165, 1.54) is 43.8 Å². The number of halogens is 2. The quantitative estimate of drug-likeness (QED) is 0.391. The van der Waals surface area contributed by atoms with Crippen molar-refractivity contribution in [1.82, 2.24) is 4.98 Å². The monoisotopic (exact) mass is 422 g/mol. The number of ketones is 1. The molecule has 1 unspecified atom stereocenters. The Hall–Kier alpha value is -4.07. The van der Waals surface area contributed by atoms with Gasteiger partial charge < -0.3 is 9.84 Å². The minimum absolute atomic E-state index is 0.233. The molecular formula is C23H16F2N2O4. The maximum Gasteiger partial charge on any atom is 0.300 e. The number of pyridine rings is 1. The van der Waals surface area contributed by atoms with E-state index in [-0.39, 0.29) is 11.1 Å². The Balaban J connectivity index is 1.97. The minimum atomic E-state index is -1.19. The zero-order valence-electron chi connectivity index (χ0n) is 16.3. The highest BCUT2D eigenvalue weighted by molar-refractivity contribution is 6.51. The van der Waals surface area contributed by atoms with Gasteiger partial charge in [0.05, 0.1) is 24.4 Å². The fourth-order valence-electron chi connectivity index (χ4n) is 3.54. The maximum absolute atomic E-state index is 14.6. The molecule has 3 aromatic rings. The summed E-state index contributed by atoms with van der Waals surface area (Å²) in [6, 6.07) is 10.8. The highest BCUT2D eigenvalue weighted by Gasteiger charge is 2.47. The summed E-state index contributed by atoms with van der Waals surface area (Å²) in [5.74, 6) is -3.81. The maximum atomic E-state index is 14.6. The fraction of sp³-hybridized carbons (Fsp3) is 0.0870. The van der Waals surface area contributed by atoms with Crippen molar-refractivity contribution in [2.45, 2.75) is 6.04 Å². The number of hydrogen-bond acceptors (Lipinski definition) is 5. The largest absolute Gasteiger partial charge is 0.507 e. The number of methoxy groups -OCH3 is 1. The molecule has 1 amide bonds. The summed E-state index contributed by atoms with van der Waals surface area (Å²) in [4.78, 5) is 30.7. The number of amides is 1. The molecule has 2 aromatic carbocycles. The third-order valence-electron chi connectivity index (χ3n) is 4.98. The van der Waals surface area contributed by atoms with Gasteiger partial charge in [-0.05, 0) is 42.0 Å². The summed E-state index contributed by atoms with van der Waals surface area (Å²) in [5, 5.41) is 11.0. The van der Waals surface area contributed by atoms with Crippen molar-refractivity contribution < 1.29 is 28.2 Å². The molecule has 1 aromatic heterocycles. The van der Waals surface area contributed by atoms with E-state index in [1.54, 1.807) is 12.1 Å². The van der Waals surface area contributed by atoms with Crippen molar-refractivity contribution >= 4 is 23.1 Å². The summed E-state index contributed by atoms with van der Waals surface area (Å²) >= 11 is 0. The number of nitrogens with zero attached hydrogens (tertiary/aromatic N) is 2. The van der Waals surface area contributed by atoms with E-state index in [1.807, 2.05) is 0 Å². The summed E-state index contributed by atoms with van der Waals surface area (Å²) in [6.07, 6.45) is 2.87. The second kappa shape index (κ2) is 7.98. The molecule has 2 heterocycles. The molecule has 0 radical (unpaired) electrons. The molecule has 0 saturated carbocycles. The van der Waals surface area contributed by atoms with Gasteiger partial charge in [-0.15, -0.1) is 0 Å². The highest BCUT2D eigenvalue weighted by atomic mass is 19.1. The number of aromatic nitrogens is 1. The lowest BCUT2D eigenvalue weighted by Gasteiger charge is -2.25. The van der Waals surface area contributed by atoms with Crippen LogP contribution in [0.25, 0.3) is 5.76 Å². The van der Waals surface area contributed by atoms with Crippen molar-refractivity contribution in [3.05, 3.63) is 95.3 Å². The first kappa shape index (κ1) is 20.2. The van der Waals surface area contributed by atoms with Gasteiger partial charge in [0.1, 0.15) is 23.1 Å². The number of ether oxygens (including phenoxy) is 1. The number of hydrogen-bond donors (Lipinski definition) is 1. The fourth-order valence-corrected chi connectivity index (χ4v) is 3.54. The SMILES string of the molecule is COc1cccc(/C(O)=C2\C(=O)C(=O)N(c3cc(F)ccc3F)C2c2ccncc2)c1. The lowest BCUT2D eigenvalue weighted by molar-refractivity contribution is -0.132. The van der Waals surface area contributed by atoms with E-state index in [9.17, 15) is 23.5 Å². The number of benzene rings is 2. The molecule has 156 valence electrons. The third-order valence-corrected chi connectivity index (χ3v) is 4.98. The first-order valence-electron chi connectivity index (χ1n) is 9.22. The van der Waals surface area contributed by atoms with Crippen molar-refractivity contribution in [2.24, 2.45) is 0 Å². The Kier molecular flexibility index (Phi) is 5.21. The van der Waals surface area contributed by atoms with Crippen LogP contribution in [0.15, 0.2) is 72.6 Å². The van der Waals surface area contributed by atoms with E-state index in [2.05, 4.69) is 4.98 Å². The van der Waals surface area contributed by atoms with Gasteiger partial charge >= 0.3 is 0 Å². The molecule has 1 fully saturated rings. The average molecular weight is 422 g/mol. The number of aliphatic hydroxyl groups excluding tert-OH is 1. The molecule has 1 aliphatic heterocycles. The van der Waals surface area contributed by atoms with Crippen molar-refractivity contribution in [1.29, 1.82) is 0 Å². The topological polar surface area (TPSA) is 79.7 Å². The van der Waals surface area contributed by atoms with Gasteiger partial charge in [0.15, 0.2) is 0 Å². The Morgan fingerprint density at radius 1 is 1.06 bits per heavy atom. The number of Topliss-reactive ketones (excluding diaryl/α,β-unsaturated/α-hetero) is 1. The van der Waals surface area contributed by atoms with Gasteiger partial charge in [0.2, 0.25) is 0 Å². The molecule has 0 aliphatic carbocycles. The standard InChI is InChI=1S/C23H16F2N2O4/c1-31-16-4-2-3-14(11-16)21(28)19-20(13-7-9-26-10-8-13)27(23(30)22(19)29)18-12-15(24)5-6-17(18)25/h2-12,20,28H,1H3/b21-19+. The number of anilines is 1. The number of carbonyl (C=O) groups excluding carboxylic acids is 2. The molecule has 6 nitrogen and oxygen atoms in total. The second-order valence-electron chi connectivity index (χ2n) is 6.78. The smallest absolute Gasteiger partial charge is 0.300 e. The number of rotatable bonds is 4. The van der Waals surface area contributed by atoms with Crippen LogP contribution < -0.4 is 9.64 Å². The first-order valence-corrected chi connectivity index (χ1v) is 9.22. The van der Waals surface area contributed by atoms with Crippen molar-refractivity contribution in [2.75, 3.05) is 12.0 Å². The molecule has 1 N–H and O–H groups in total. The van der Waals surface area contributed by atoms with Gasteiger partial charge in [0, 0.05) is 24.0 Å². The van der Waals surface area contributed by atoms with Crippen LogP contribution in [-0.4, -0.2) is 28.9 Å². The summed E-state index contributed by atoms with van der Waals surface area (Å²) in [6.45, 7) is 0. The lowest BCUT2D eigenvalue weighted by Crippen LogP contribution is -2.30. The van der Waals surface area contributed by atoms with Crippen molar-refractivity contribution in [3.8, 4) is 5.75 Å². The molecular weight excluding hydrogens is 406 g/mol. The van der Waals surface area contributed by atoms with Gasteiger partial charge in [-0.1, -0.05) is 12.1 Å². The Morgan fingerprint density at radius 3 is 2.52 bits per heavy atom. The summed E-state index contributed by atoms with van der Waals surface area (Å²) in [7, 11) is 1.45. The van der Waals surface area contributed by atoms with E-state index in [0.717, 1.165) is 23.1 Å². The van der Waals surface area contributed by atoms with Crippen LogP contribution in [0.2, 0.25) is 0 Å². The molecule has 1 aliphatic rings. The van der Waals surface area contributed by atoms with Crippen LogP contribution in [0.1, 0.15) is 17.2 Å². The zero-order valence-corrected chi connectivity index (χ0v) is 16.3. The molecule has 31 heavy (non-hydrogen) atoms. The molecule has 4 rings (SSSR count). The Labute approximate surface area is 176 Å². The van der Waals surface area contributed by atoms with E-state index in [4.69, 9.17) is 4.74 Å². The van der Waals surface area contributed by atoms with Crippen LogP contribution in [0.4, 0.5) is 14.5 Å². The van der Waals surface area contributed by atoms with Gasteiger partial charge in [0.25, 0.3) is 11.7 Å². The van der Waals surface area contributed by atoms with Gasteiger partial charge in [-0.25, -0.2) is 8.78 Å². The van der Waals surface area contributed by atoms with E-state index < -0.39 is 40.8 Å². The predicted octanol–water partition coefficient (Wildman–Crippen LogP) is 3.99. The number of carbonyl (C=O) groups is 2. The first-order chi connectivity index (χ1) is 14.9. The van der Waals surface area contributed by atoms with E-state index >= 15 is 0 Å². The average Bonchev–Trinajstić information content (AvgIpc) is 3.06. The lowest BCUT2D eigenvalue weighted by atomic mass is 9.95. The van der Waals surface area contributed by atoms with Crippen LogP contribution in [0.5, 0.6) is 5.75 Å². The van der Waals surface area contributed by atoms with Crippen LogP contribution in [-0.2, 0) is 9.59 Å². The number of aliphatic hydroxyl groups is 1. The Bertz CT molecular complexity index is 1210. The van der Waals surface area contributed by atoms with Gasteiger partial charge in [-0.2, -0.15) is 0 Å². The van der Waals surface area contributed by atoms with E-state index in [0.29, 0.717) is 11.3 Å². The van der Waals surface area contributed by atoms with Gasteiger partial charge in [-0.3, -0.25) is 19.5 Å². The molecule has 0 spiro atoms. The summed E-state index contributed by atoms with van der Waals surface area (Å²) in [5.41, 5.74) is -0.0415. The second-order valence-corrected chi connectivity index (χ2v) is 6.78. The molecule has 0 bridgehead atoms. The highest BCUT2D eigenvalue weighted by Crippen LogP contribution is 2.43. The predicted molar refractivity (Wildman–Crippen MR) is 108 cm³/mol. The van der Waals surface area contributed by atoms with Crippen LogP contribution >= 0.6 is 0 Å². The van der Waals surface area contributed by atoms with Crippen LogP contribution in [0.3, 0.4) is 0 Å².